The Morgan fingerprint density at radius 3 is 2.23 bits per heavy atom. The number of H-pyrrole nitrogens is 1. The van der Waals surface area contributed by atoms with E-state index in [4.69, 9.17) is 9.97 Å². The number of pyridine rings is 2. The summed E-state index contributed by atoms with van der Waals surface area (Å²) in [5.74, 6) is 0. The summed E-state index contributed by atoms with van der Waals surface area (Å²) in [5, 5.41) is 17.0. The van der Waals surface area contributed by atoms with Gasteiger partial charge in [-0.2, -0.15) is 5.10 Å². The first kappa shape index (κ1) is 24.8. The molecule has 0 unspecified atom stereocenters. The van der Waals surface area contributed by atoms with Crippen molar-refractivity contribution >= 4 is 17.1 Å². The van der Waals surface area contributed by atoms with Crippen molar-refractivity contribution in [2.75, 3.05) is 0 Å². The van der Waals surface area contributed by atoms with Crippen LogP contribution in [0.1, 0.15) is 45.6 Å². The van der Waals surface area contributed by atoms with Crippen molar-refractivity contribution in [2.24, 2.45) is 0 Å². The molecule has 5 aromatic rings. The Bertz CT molecular complexity index is 1630. The second-order valence-electron chi connectivity index (χ2n) is 11.2. The van der Waals surface area contributed by atoms with Gasteiger partial charge in [0, 0.05) is 28.4 Å². The van der Waals surface area contributed by atoms with Gasteiger partial charge in [0.2, 0.25) is 0 Å². The molecular formula is C32H31N5O2. The van der Waals surface area contributed by atoms with Crippen LogP contribution in [0.4, 0.5) is 4.79 Å². The monoisotopic (exact) mass is 517 g/mol. The van der Waals surface area contributed by atoms with E-state index >= 15 is 0 Å². The molecule has 0 aliphatic heterocycles. The van der Waals surface area contributed by atoms with Crippen molar-refractivity contribution in [3.8, 4) is 33.6 Å². The molecule has 7 nitrogen and oxygen atoms in total. The molecule has 0 saturated heterocycles. The van der Waals surface area contributed by atoms with Crippen LogP contribution in [0.3, 0.4) is 0 Å². The lowest BCUT2D eigenvalue weighted by Gasteiger charge is -2.54. The van der Waals surface area contributed by atoms with E-state index < -0.39 is 17.2 Å². The van der Waals surface area contributed by atoms with Crippen LogP contribution >= 0.6 is 0 Å². The summed E-state index contributed by atoms with van der Waals surface area (Å²) in [5.41, 5.74) is 7.29. The van der Waals surface area contributed by atoms with Gasteiger partial charge in [0.25, 0.3) is 0 Å². The SMILES string of the molecule is CC(C)(C)N(C(=O)O)C1(c2ccc(-c3nc4ccc(-c5cn[nH]c5)nc4cc3-c3ccccc3)cc2)CCC1. The summed E-state index contributed by atoms with van der Waals surface area (Å²) in [6, 6.07) is 24.6. The van der Waals surface area contributed by atoms with E-state index in [9.17, 15) is 9.90 Å². The summed E-state index contributed by atoms with van der Waals surface area (Å²) in [6.07, 6.45) is 5.37. The van der Waals surface area contributed by atoms with Gasteiger partial charge < -0.3 is 5.11 Å². The number of carbonyl (C=O) groups is 1. The van der Waals surface area contributed by atoms with Crippen LogP contribution in [0.25, 0.3) is 44.7 Å². The zero-order chi connectivity index (χ0) is 27.2. The standard InChI is InChI=1S/C32H31N5O2/c1-31(2,3)37(30(38)39)32(16-7-17-32)24-12-10-22(11-13-24)29-25(21-8-5-4-6-9-21)18-28-27(36-29)15-14-26(35-28)23-19-33-34-20-23/h4-6,8-15,18-20H,7,16-17H2,1-3H3,(H,33,34)(H,38,39). The smallest absolute Gasteiger partial charge is 0.408 e. The number of amides is 1. The first-order chi connectivity index (χ1) is 18.8. The molecule has 3 heterocycles. The maximum absolute atomic E-state index is 12.4. The summed E-state index contributed by atoms with van der Waals surface area (Å²) in [4.78, 5) is 24.0. The van der Waals surface area contributed by atoms with E-state index in [1.165, 1.54) is 0 Å². The molecule has 39 heavy (non-hydrogen) atoms. The Kier molecular flexibility index (Phi) is 5.94. The number of hydrogen-bond donors (Lipinski definition) is 2. The molecule has 0 bridgehead atoms. The number of benzene rings is 2. The Labute approximate surface area is 227 Å². The highest BCUT2D eigenvalue weighted by atomic mass is 16.4. The number of fused-ring (bicyclic) bond motifs is 1. The molecule has 6 rings (SSSR count). The van der Waals surface area contributed by atoms with E-state index in [1.54, 1.807) is 11.1 Å². The molecule has 0 atom stereocenters. The predicted molar refractivity (Wildman–Crippen MR) is 153 cm³/mol. The molecule has 1 amide bonds. The number of rotatable bonds is 5. The van der Waals surface area contributed by atoms with Gasteiger partial charge in [-0.1, -0.05) is 54.6 Å². The fourth-order valence-electron chi connectivity index (χ4n) is 5.87. The van der Waals surface area contributed by atoms with E-state index in [0.29, 0.717) is 0 Å². The average Bonchev–Trinajstić information content (AvgIpc) is 3.44. The van der Waals surface area contributed by atoms with Gasteiger partial charge in [0.05, 0.1) is 34.2 Å². The Hall–Kier alpha value is -4.52. The Morgan fingerprint density at radius 1 is 0.897 bits per heavy atom. The van der Waals surface area contributed by atoms with E-state index in [1.807, 2.05) is 57.3 Å². The lowest BCUT2D eigenvalue weighted by molar-refractivity contribution is -0.0328. The predicted octanol–water partition coefficient (Wildman–Crippen LogP) is 7.51. The van der Waals surface area contributed by atoms with Crippen molar-refractivity contribution in [2.45, 2.75) is 51.1 Å². The summed E-state index contributed by atoms with van der Waals surface area (Å²) < 4.78 is 0. The van der Waals surface area contributed by atoms with E-state index in [-0.39, 0.29) is 0 Å². The number of nitrogens with one attached hydrogen (secondary N) is 1. The molecule has 0 radical (unpaired) electrons. The molecule has 2 N–H and O–H groups in total. The van der Waals surface area contributed by atoms with Gasteiger partial charge in [-0.15, -0.1) is 0 Å². The molecule has 1 aliphatic rings. The summed E-state index contributed by atoms with van der Waals surface area (Å²) >= 11 is 0. The quantitative estimate of drug-likeness (QED) is 0.251. The second kappa shape index (κ2) is 9.34. The first-order valence-electron chi connectivity index (χ1n) is 13.3. The number of nitrogens with zero attached hydrogens (tertiary/aromatic N) is 4. The van der Waals surface area contributed by atoms with Crippen LogP contribution < -0.4 is 0 Å². The highest BCUT2D eigenvalue weighted by Crippen LogP contribution is 2.49. The van der Waals surface area contributed by atoms with Gasteiger partial charge in [-0.05, 0) is 69.4 Å². The van der Waals surface area contributed by atoms with Gasteiger partial charge in [0.1, 0.15) is 0 Å². The third-order valence-electron chi connectivity index (χ3n) is 7.72. The van der Waals surface area contributed by atoms with Crippen LogP contribution in [-0.4, -0.2) is 41.8 Å². The van der Waals surface area contributed by atoms with Gasteiger partial charge >= 0.3 is 6.09 Å². The van der Waals surface area contributed by atoms with Gasteiger partial charge in [0.15, 0.2) is 0 Å². The fraction of sp³-hybridized carbons (Fsp3) is 0.250. The van der Waals surface area contributed by atoms with Crippen molar-refractivity contribution in [1.29, 1.82) is 0 Å². The molecular weight excluding hydrogens is 486 g/mol. The second-order valence-corrected chi connectivity index (χ2v) is 11.2. The zero-order valence-electron chi connectivity index (χ0n) is 22.3. The largest absolute Gasteiger partial charge is 0.465 e. The topological polar surface area (TPSA) is 95.0 Å². The van der Waals surface area contributed by atoms with Crippen molar-refractivity contribution in [3.63, 3.8) is 0 Å². The number of hydrogen-bond acceptors (Lipinski definition) is 4. The van der Waals surface area contributed by atoms with Crippen LogP contribution in [0.15, 0.2) is 85.2 Å². The number of carboxylic acid groups (broad SMARTS) is 1. The first-order valence-corrected chi connectivity index (χ1v) is 13.3. The van der Waals surface area contributed by atoms with Crippen molar-refractivity contribution in [3.05, 3.63) is 90.8 Å². The van der Waals surface area contributed by atoms with Crippen molar-refractivity contribution < 1.29 is 9.90 Å². The molecule has 196 valence electrons. The lowest BCUT2D eigenvalue weighted by Crippen LogP contribution is -2.60. The van der Waals surface area contributed by atoms with Crippen LogP contribution in [-0.2, 0) is 5.54 Å². The third kappa shape index (κ3) is 4.34. The fourth-order valence-corrected chi connectivity index (χ4v) is 5.87. The van der Waals surface area contributed by atoms with E-state index in [2.05, 4.69) is 52.7 Å². The molecule has 1 saturated carbocycles. The maximum Gasteiger partial charge on any atom is 0.408 e. The molecule has 0 spiro atoms. The van der Waals surface area contributed by atoms with Crippen LogP contribution in [0, 0.1) is 0 Å². The minimum atomic E-state index is -0.879. The number of aromatic nitrogens is 4. The van der Waals surface area contributed by atoms with Crippen LogP contribution in [0.5, 0.6) is 0 Å². The normalized spacial score (nSPS) is 14.6. The Balaban J connectivity index is 1.46. The lowest BCUT2D eigenvalue weighted by atomic mass is 9.69. The van der Waals surface area contributed by atoms with Crippen LogP contribution in [0.2, 0.25) is 0 Å². The maximum atomic E-state index is 12.4. The highest BCUT2D eigenvalue weighted by molar-refractivity contribution is 5.90. The number of aromatic amines is 1. The van der Waals surface area contributed by atoms with Gasteiger partial charge in [-0.25, -0.2) is 14.8 Å². The molecule has 2 aromatic carbocycles. The highest BCUT2D eigenvalue weighted by Gasteiger charge is 2.50. The van der Waals surface area contributed by atoms with E-state index in [0.717, 1.165) is 69.5 Å². The summed E-state index contributed by atoms with van der Waals surface area (Å²) in [7, 11) is 0. The summed E-state index contributed by atoms with van der Waals surface area (Å²) in [6.45, 7) is 5.89. The minimum Gasteiger partial charge on any atom is -0.465 e. The molecule has 1 aliphatic carbocycles. The Morgan fingerprint density at radius 2 is 1.64 bits per heavy atom. The average molecular weight is 518 g/mol. The van der Waals surface area contributed by atoms with Gasteiger partial charge in [-0.3, -0.25) is 10.00 Å². The molecule has 1 fully saturated rings. The minimum absolute atomic E-state index is 0.505. The van der Waals surface area contributed by atoms with Crippen molar-refractivity contribution in [1.82, 2.24) is 25.1 Å². The zero-order valence-corrected chi connectivity index (χ0v) is 22.3. The molecule has 3 aromatic heterocycles. The molecule has 7 heteroatoms. The third-order valence-corrected chi connectivity index (χ3v) is 7.72.